The van der Waals surface area contributed by atoms with Gasteiger partial charge in [-0.2, -0.15) is 0 Å². The minimum absolute atomic E-state index is 0.0621. The Bertz CT molecular complexity index is 428. The average molecular weight is 254 g/mol. The molecule has 18 heavy (non-hydrogen) atoms. The van der Waals surface area contributed by atoms with Crippen molar-refractivity contribution in [1.29, 1.82) is 0 Å². The van der Waals surface area contributed by atoms with Gasteiger partial charge in [-0.1, -0.05) is 13.8 Å². The van der Waals surface area contributed by atoms with Gasteiger partial charge in [-0.3, -0.25) is 0 Å². The molecule has 0 unspecified atom stereocenters. The van der Waals surface area contributed by atoms with E-state index < -0.39 is 11.6 Å². The standard InChI is InChI=1S/C14H20F2N2/c1-9(2)5-6-18(11-3-4-11)13-8-10(15)7-12(16)14(13)17/h7-9,11H,3-6,17H2,1-2H3. The third-order valence-electron chi connectivity index (χ3n) is 3.32. The molecule has 4 heteroatoms. The van der Waals surface area contributed by atoms with Gasteiger partial charge in [-0.25, -0.2) is 8.78 Å². The van der Waals surface area contributed by atoms with Crippen LogP contribution < -0.4 is 10.6 Å². The van der Waals surface area contributed by atoms with Gasteiger partial charge in [-0.05, 0) is 31.2 Å². The molecule has 0 amide bonds. The van der Waals surface area contributed by atoms with E-state index in [0.29, 0.717) is 17.6 Å². The zero-order valence-electron chi connectivity index (χ0n) is 10.9. The van der Waals surface area contributed by atoms with Crippen LogP contribution in [0.4, 0.5) is 20.2 Å². The minimum atomic E-state index is -0.666. The fraction of sp³-hybridized carbons (Fsp3) is 0.571. The summed E-state index contributed by atoms with van der Waals surface area (Å²) in [5, 5.41) is 0. The number of hydrogen-bond donors (Lipinski definition) is 1. The van der Waals surface area contributed by atoms with E-state index in [9.17, 15) is 8.78 Å². The highest BCUT2D eigenvalue weighted by Gasteiger charge is 2.31. The second-order valence-corrected chi connectivity index (χ2v) is 5.43. The van der Waals surface area contributed by atoms with Crippen LogP contribution in [-0.4, -0.2) is 12.6 Å². The summed E-state index contributed by atoms with van der Waals surface area (Å²) in [6.07, 6.45) is 3.15. The first-order chi connectivity index (χ1) is 8.49. The van der Waals surface area contributed by atoms with Crippen LogP contribution >= 0.6 is 0 Å². The molecule has 0 saturated heterocycles. The highest BCUT2D eigenvalue weighted by molar-refractivity contribution is 5.69. The SMILES string of the molecule is CC(C)CCN(c1cc(F)cc(F)c1N)C1CC1. The van der Waals surface area contributed by atoms with E-state index in [1.807, 2.05) is 0 Å². The Morgan fingerprint density at radius 3 is 2.56 bits per heavy atom. The molecule has 1 aromatic carbocycles. The molecule has 1 aliphatic carbocycles. The lowest BCUT2D eigenvalue weighted by molar-refractivity contribution is 0.564. The summed E-state index contributed by atoms with van der Waals surface area (Å²) < 4.78 is 26.8. The van der Waals surface area contributed by atoms with Crippen molar-refractivity contribution in [2.24, 2.45) is 5.92 Å². The monoisotopic (exact) mass is 254 g/mol. The second-order valence-electron chi connectivity index (χ2n) is 5.43. The zero-order valence-corrected chi connectivity index (χ0v) is 10.9. The first kappa shape index (κ1) is 13.1. The predicted molar refractivity (Wildman–Crippen MR) is 70.6 cm³/mol. The normalized spacial score (nSPS) is 15.2. The van der Waals surface area contributed by atoms with Gasteiger partial charge in [0.15, 0.2) is 5.82 Å². The maximum atomic E-state index is 13.5. The number of rotatable bonds is 5. The fourth-order valence-corrected chi connectivity index (χ4v) is 2.09. The van der Waals surface area contributed by atoms with Crippen LogP contribution in [0.25, 0.3) is 0 Å². The number of nitrogen functional groups attached to an aromatic ring is 1. The van der Waals surface area contributed by atoms with Gasteiger partial charge in [0.25, 0.3) is 0 Å². The maximum Gasteiger partial charge on any atom is 0.151 e. The number of hydrogen-bond acceptors (Lipinski definition) is 2. The van der Waals surface area contributed by atoms with E-state index in [4.69, 9.17) is 5.73 Å². The largest absolute Gasteiger partial charge is 0.395 e. The smallest absolute Gasteiger partial charge is 0.151 e. The summed E-state index contributed by atoms with van der Waals surface area (Å²) in [4.78, 5) is 2.06. The van der Waals surface area contributed by atoms with Gasteiger partial charge >= 0.3 is 0 Å². The molecule has 0 heterocycles. The lowest BCUT2D eigenvalue weighted by Gasteiger charge is -2.27. The maximum absolute atomic E-state index is 13.5. The molecule has 1 aliphatic rings. The van der Waals surface area contributed by atoms with Crippen LogP contribution in [0, 0.1) is 17.6 Å². The first-order valence-electron chi connectivity index (χ1n) is 6.50. The van der Waals surface area contributed by atoms with Gasteiger partial charge in [-0.15, -0.1) is 0 Å². The molecular weight excluding hydrogens is 234 g/mol. The van der Waals surface area contributed by atoms with Crippen molar-refractivity contribution in [3.63, 3.8) is 0 Å². The van der Waals surface area contributed by atoms with E-state index in [0.717, 1.165) is 31.9 Å². The Hall–Kier alpha value is -1.32. The number of anilines is 2. The highest BCUT2D eigenvalue weighted by Crippen LogP contribution is 2.36. The van der Waals surface area contributed by atoms with E-state index in [1.165, 1.54) is 6.07 Å². The van der Waals surface area contributed by atoms with Crippen LogP contribution in [0.15, 0.2) is 12.1 Å². The van der Waals surface area contributed by atoms with Gasteiger partial charge in [0.05, 0.1) is 11.4 Å². The lowest BCUT2D eigenvalue weighted by Crippen LogP contribution is -2.29. The highest BCUT2D eigenvalue weighted by atomic mass is 19.1. The molecule has 0 aromatic heterocycles. The summed E-state index contributed by atoms with van der Waals surface area (Å²) >= 11 is 0. The van der Waals surface area contributed by atoms with Crippen molar-refractivity contribution in [2.75, 3.05) is 17.2 Å². The molecule has 100 valence electrons. The van der Waals surface area contributed by atoms with Gasteiger partial charge < -0.3 is 10.6 Å². The van der Waals surface area contributed by atoms with Crippen LogP contribution in [0.2, 0.25) is 0 Å². The Balaban J connectivity index is 2.24. The van der Waals surface area contributed by atoms with E-state index in [2.05, 4.69) is 18.7 Å². The first-order valence-corrected chi connectivity index (χ1v) is 6.50. The van der Waals surface area contributed by atoms with Crippen molar-refractivity contribution in [3.8, 4) is 0 Å². The Morgan fingerprint density at radius 1 is 1.33 bits per heavy atom. The quantitative estimate of drug-likeness (QED) is 0.814. The lowest BCUT2D eigenvalue weighted by atomic mass is 10.1. The van der Waals surface area contributed by atoms with Crippen molar-refractivity contribution >= 4 is 11.4 Å². The molecule has 2 N–H and O–H groups in total. The predicted octanol–water partition coefficient (Wildman–Crippen LogP) is 3.56. The molecule has 0 bridgehead atoms. The van der Waals surface area contributed by atoms with Crippen molar-refractivity contribution in [1.82, 2.24) is 0 Å². The molecule has 1 fully saturated rings. The van der Waals surface area contributed by atoms with Crippen LogP contribution in [0.5, 0.6) is 0 Å². The molecule has 2 rings (SSSR count). The average Bonchev–Trinajstić information content (AvgIpc) is 3.08. The zero-order chi connectivity index (χ0) is 13.3. The molecule has 1 saturated carbocycles. The molecule has 0 aliphatic heterocycles. The summed E-state index contributed by atoms with van der Waals surface area (Å²) in [5.74, 6) is -0.669. The summed E-state index contributed by atoms with van der Waals surface area (Å²) in [7, 11) is 0. The van der Waals surface area contributed by atoms with Gasteiger partial charge in [0.2, 0.25) is 0 Å². The van der Waals surface area contributed by atoms with Gasteiger partial charge in [0.1, 0.15) is 5.82 Å². The van der Waals surface area contributed by atoms with E-state index in [1.54, 1.807) is 0 Å². The third-order valence-corrected chi connectivity index (χ3v) is 3.32. The van der Waals surface area contributed by atoms with E-state index >= 15 is 0 Å². The van der Waals surface area contributed by atoms with Crippen LogP contribution in [-0.2, 0) is 0 Å². The summed E-state index contributed by atoms with van der Waals surface area (Å²) in [5.41, 5.74) is 6.31. The summed E-state index contributed by atoms with van der Waals surface area (Å²) in [6.45, 7) is 5.08. The van der Waals surface area contributed by atoms with Gasteiger partial charge in [0, 0.05) is 18.7 Å². The Labute approximate surface area is 107 Å². The van der Waals surface area contributed by atoms with Crippen LogP contribution in [0.3, 0.4) is 0 Å². The Kier molecular flexibility index (Phi) is 3.73. The Morgan fingerprint density at radius 2 is 2.00 bits per heavy atom. The van der Waals surface area contributed by atoms with Crippen molar-refractivity contribution in [2.45, 2.75) is 39.2 Å². The number of nitrogens with two attached hydrogens (primary N) is 1. The van der Waals surface area contributed by atoms with Crippen molar-refractivity contribution < 1.29 is 8.78 Å². The number of nitrogens with zero attached hydrogens (tertiary/aromatic N) is 1. The topological polar surface area (TPSA) is 29.3 Å². The van der Waals surface area contributed by atoms with Crippen molar-refractivity contribution in [3.05, 3.63) is 23.8 Å². The number of halogens is 2. The number of benzene rings is 1. The second kappa shape index (κ2) is 5.12. The molecular formula is C14H20F2N2. The summed E-state index contributed by atoms with van der Waals surface area (Å²) in [6, 6.07) is 2.58. The third kappa shape index (κ3) is 2.92. The van der Waals surface area contributed by atoms with E-state index in [-0.39, 0.29) is 5.69 Å². The molecule has 2 nitrogen and oxygen atoms in total. The molecule has 0 radical (unpaired) electrons. The minimum Gasteiger partial charge on any atom is -0.395 e. The fourth-order valence-electron chi connectivity index (χ4n) is 2.09. The van der Waals surface area contributed by atoms with Crippen LogP contribution in [0.1, 0.15) is 33.1 Å². The molecule has 0 spiro atoms. The molecule has 1 aromatic rings. The molecule has 0 atom stereocenters.